The summed E-state index contributed by atoms with van der Waals surface area (Å²) in [7, 11) is 0. The predicted octanol–water partition coefficient (Wildman–Crippen LogP) is 7.87. The molecule has 0 radical (unpaired) electrons. The lowest BCUT2D eigenvalue weighted by Crippen LogP contribution is -2.65. The van der Waals surface area contributed by atoms with Gasteiger partial charge in [-0.2, -0.15) is 0 Å². The molecule has 0 aromatic heterocycles. The summed E-state index contributed by atoms with van der Waals surface area (Å²) in [6, 6.07) is 4.35. The van der Waals surface area contributed by atoms with Crippen molar-refractivity contribution in [2.24, 2.45) is 27.6 Å². The zero-order chi connectivity index (χ0) is 28.7. The fourth-order valence-electron chi connectivity index (χ4n) is 8.23. The number of benzene rings is 1. The smallest absolute Gasteiger partial charge is 0.180 e. The first-order chi connectivity index (χ1) is 17.4. The molecule has 0 bridgehead atoms. The van der Waals surface area contributed by atoms with Crippen LogP contribution in [-0.2, 0) is 20.8 Å². The van der Waals surface area contributed by atoms with Gasteiger partial charge in [0.05, 0.1) is 11.0 Å². The van der Waals surface area contributed by atoms with Crippen LogP contribution in [0.5, 0.6) is 0 Å². The molecule has 0 saturated heterocycles. The van der Waals surface area contributed by atoms with E-state index in [0.29, 0.717) is 12.0 Å². The van der Waals surface area contributed by atoms with Crippen LogP contribution in [0.3, 0.4) is 0 Å². The molecule has 0 aliphatic heterocycles. The van der Waals surface area contributed by atoms with Gasteiger partial charge in [-0.3, -0.25) is 14.4 Å². The first-order valence-electron chi connectivity index (χ1n) is 14.2. The molecule has 0 spiro atoms. The highest BCUT2D eigenvalue weighted by Gasteiger charge is 2.71. The molecular formula is C34H46O4. The molecule has 0 amide bonds. The molecule has 4 rings (SSSR count). The maximum Gasteiger partial charge on any atom is 0.180 e. The van der Waals surface area contributed by atoms with E-state index in [1.807, 2.05) is 20.8 Å². The van der Waals surface area contributed by atoms with E-state index < -0.39 is 16.2 Å². The van der Waals surface area contributed by atoms with Crippen LogP contribution in [0.1, 0.15) is 117 Å². The van der Waals surface area contributed by atoms with Crippen LogP contribution in [0, 0.1) is 34.5 Å². The minimum Gasteiger partial charge on any atom is -0.507 e. The summed E-state index contributed by atoms with van der Waals surface area (Å²) >= 11 is 0. The lowest BCUT2D eigenvalue weighted by molar-refractivity contribution is -0.160. The van der Waals surface area contributed by atoms with E-state index in [2.05, 4.69) is 53.7 Å². The van der Waals surface area contributed by atoms with Gasteiger partial charge < -0.3 is 5.11 Å². The molecule has 0 heterocycles. The average Bonchev–Trinajstić information content (AvgIpc) is 2.79. The molecule has 4 heteroatoms. The van der Waals surface area contributed by atoms with Crippen LogP contribution in [-0.4, -0.2) is 22.5 Å². The number of aliphatic hydroxyl groups excluding tert-OH is 1. The van der Waals surface area contributed by atoms with Crippen molar-refractivity contribution in [2.45, 2.75) is 108 Å². The standard InChI is InChI=1S/C34H46O4/c1-18-17-32(9)22(5)33(10)20(3)24-15-14-23(13-12-16-31(6,7)8)19(2)26(24)28(36)27(33)30(38)34(32,11)29(37)25(18)21(4)35/h14-15,20,22,36H,12-13,16-17H2,1-11H3/t20-,22+,32+,33-,34+/m1/s1. The monoisotopic (exact) mass is 518 g/mol. The van der Waals surface area contributed by atoms with Crippen molar-refractivity contribution in [1.29, 1.82) is 0 Å². The van der Waals surface area contributed by atoms with Crippen molar-refractivity contribution >= 4 is 23.1 Å². The van der Waals surface area contributed by atoms with Crippen molar-refractivity contribution in [3.63, 3.8) is 0 Å². The van der Waals surface area contributed by atoms with Crippen LogP contribution in [0.4, 0.5) is 0 Å². The van der Waals surface area contributed by atoms with E-state index >= 15 is 0 Å². The van der Waals surface area contributed by atoms with Crippen molar-refractivity contribution in [3.05, 3.63) is 51.1 Å². The Balaban J connectivity index is 1.93. The van der Waals surface area contributed by atoms with Crippen LogP contribution in [0.2, 0.25) is 0 Å². The number of rotatable bonds is 4. The van der Waals surface area contributed by atoms with E-state index in [-0.39, 0.29) is 45.9 Å². The summed E-state index contributed by atoms with van der Waals surface area (Å²) in [6.07, 6.45) is 3.57. The van der Waals surface area contributed by atoms with Gasteiger partial charge in [0.15, 0.2) is 17.3 Å². The summed E-state index contributed by atoms with van der Waals surface area (Å²) in [5.74, 6) is -1.09. The molecule has 3 aliphatic rings. The normalized spacial score (nSPS) is 33.2. The van der Waals surface area contributed by atoms with E-state index in [1.54, 1.807) is 6.92 Å². The number of carbonyl (C=O) groups is 3. The Bertz CT molecular complexity index is 1320. The molecule has 3 aliphatic carbocycles. The van der Waals surface area contributed by atoms with Gasteiger partial charge in [-0.25, -0.2) is 0 Å². The highest BCUT2D eigenvalue weighted by molar-refractivity contribution is 6.31. The lowest BCUT2D eigenvalue weighted by Gasteiger charge is -2.63. The molecule has 1 N–H and O–H groups in total. The number of ketones is 3. The molecule has 5 atom stereocenters. The minimum atomic E-state index is -1.41. The third kappa shape index (κ3) is 3.58. The highest BCUT2D eigenvalue weighted by atomic mass is 16.3. The van der Waals surface area contributed by atoms with Gasteiger partial charge in [-0.1, -0.05) is 66.2 Å². The SMILES string of the molecule is CC(=O)C1=C(C)C[C@@]2(C)[C@H](C)[C@]3(C)C(=C(O)c4c(ccc(CCCC(C)(C)C)c4C)[C@H]3C)C(=O)[C@]2(C)C1=O. The molecule has 38 heavy (non-hydrogen) atoms. The third-order valence-corrected chi connectivity index (χ3v) is 11.1. The quantitative estimate of drug-likeness (QED) is 0.325. The van der Waals surface area contributed by atoms with Gasteiger partial charge in [0.1, 0.15) is 5.76 Å². The molecule has 1 aromatic carbocycles. The molecular weight excluding hydrogens is 472 g/mol. The Morgan fingerprint density at radius 1 is 1.05 bits per heavy atom. The second kappa shape index (κ2) is 8.76. The van der Waals surface area contributed by atoms with Gasteiger partial charge in [0.2, 0.25) is 0 Å². The molecule has 1 fully saturated rings. The maximum absolute atomic E-state index is 14.6. The maximum atomic E-state index is 14.6. The summed E-state index contributed by atoms with van der Waals surface area (Å²) in [5.41, 5.74) is 2.84. The Morgan fingerprint density at radius 2 is 1.66 bits per heavy atom. The zero-order valence-electron chi connectivity index (χ0n) is 25.3. The zero-order valence-corrected chi connectivity index (χ0v) is 25.3. The highest BCUT2D eigenvalue weighted by Crippen LogP contribution is 2.70. The Morgan fingerprint density at radius 3 is 2.21 bits per heavy atom. The van der Waals surface area contributed by atoms with Gasteiger partial charge in [-0.05, 0) is 92.7 Å². The first-order valence-corrected chi connectivity index (χ1v) is 14.2. The molecule has 206 valence electrons. The van der Waals surface area contributed by atoms with Crippen molar-refractivity contribution in [2.75, 3.05) is 0 Å². The lowest BCUT2D eigenvalue weighted by atomic mass is 9.37. The van der Waals surface area contributed by atoms with Gasteiger partial charge in [-0.15, -0.1) is 0 Å². The van der Waals surface area contributed by atoms with Crippen molar-refractivity contribution in [1.82, 2.24) is 0 Å². The van der Waals surface area contributed by atoms with Gasteiger partial charge >= 0.3 is 0 Å². The van der Waals surface area contributed by atoms with Crippen molar-refractivity contribution in [3.8, 4) is 0 Å². The van der Waals surface area contributed by atoms with Gasteiger partial charge in [0, 0.05) is 16.6 Å². The third-order valence-electron chi connectivity index (χ3n) is 11.1. The largest absolute Gasteiger partial charge is 0.507 e. The molecule has 1 saturated carbocycles. The number of fused-ring (bicyclic) bond motifs is 3. The second-order valence-electron chi connectivity index (χ2n) is 14.3. The van der Waals surface area contributed by atoms with Crippen LogP contribution >= 0.6 is 0 Å². The number of allylic oxidation sites excluding steroid dienone is 3. The summed E-state index contributed by atoms with van der Waals surface area (Å²) < 4.78 is 0. The second-order valence-corrected chi connectivity index (χ2v) is 14.3. The Hall–Kier alpha value is -2.49. The van der Waals surface area contributed by atoms with Crippen LogP contribution < -0.4 is 0 Å². The summed E-state index contributed by atoms with van der Waals surface area (Å²) in [5, 5.41) is 12.0. The van der Waals surface area contributed by atoms with Crippen LogP contribution in [0.25, 0.3) is 5.76 Å². The minimum absolute atomic E-state index is 0.0272. The number of hydrogen-bond donors (Lipinski definition) is 1. The van der Waals surface area contributed by atoms with E-state index in [4.69, 9.17) is 0 Å². The fourth-order valence-corrected chi connectivity index (χ4v) is 8.23. The molecule has 1 aromatic rings. The number of carbonyl (C=O) groups excluding carboxylic acids is 3. The number of aliphatic hydroxyl groups is 1. The number of hydrogen-bond acceptors (Lipinski definition) is 4. The molecule has 0 unspecified atom stereocenters. The number of aryl methyl sites for hydroxylation is 1. The van der Waals surface area contributed by atoms with E-state index in [9.17, 15) is 19.5 Å². The van der Waals surface area contributed by atoms with E-state index in [0.717, 1.165) is 41.5 Å². The Kier molecular flexibility index (Phi) is 6.57. The van der Waals surface area contributed by atoms with E-state index in [1.165, 1.54) is 12.5 Å². The Labute approximate surface area is 229 Å². The topological polar surface area (TPSA) is 71.4 Å². The number of Topliss-reactive ketones (excluding diaryl/α,β-unsaturated/α-hetero) is 3. The molecule has 4 nitrogen and oxygen atoms in total. The summed E-state index contributed by atoms with van der Waals surface area (Å²) in [6.45, 7) is 22.2. The summed E-state index contributed by atoms with van der Waals surface area (Å²) in [4.78, 5) is 41.2. The first kappa shape index (κ1) is 28.5. The van der Waals surface area contributed by atoms with Gasteiger partial charge in [0.25, 0.3) is 0 Å². The predicted molar refractivity (Wildman–Crippen MR) is 153 cm³/mol. The average molecular weight is 519 g/mol. The fraction of sp³-hybridized carbons (Fsp3) is 0.618. The van der Waals surface area contributed by atoms with Crippen LogP contribution in [0.15, 0.2) is 28.9 Å². The van der Waals surface area contributed by atoms with Crippen molar-refractivity contribution < 1.29 is 19.5 Å².